The molecule has 180 valence electrons. The molecule has 2 heterocycles. The fourth-order valence-corrected chi connectivity index (χ4v) is 3.85. The fraction of sp³-hybridized carbons (Fsp3) is 0.737. The average molecular weight is 458 g/mol. The number of aliphatic carboxylic acids is 3. The van der Waals surface area contributed by atoms with Crippen LogP contribution >= 0.6 is 0 Å². The smallest absolute Gasteiger partial charge is 0.331 e. The van der Waals surface area contributed by atoms with E-state index >= 15 is 0 Å². The van der Waals surface area contributed by atoms with E-state index in [2.05, 4.69) is 0 Å². The van der Waals surface area contributed by atoms with Crippen LogP contribution < -0.4 is 0 Å². The maximum atomic E-state index is 12.3. The number of carbonyl (C=O) groups excluding carboxylic acids is 2. The molecule has 3 N–H and O–H groups in total. The number of nitrogens with zero attached hydrogens (tertiary/aromatic N) is 4. The van der Waals surface area contributed by atoms with Gasteiger partial charge in [-0.3, -0.25) is 38.8 Å². The Bertz CT molecular complexity index is 685. The number of ether oxygens (including phenoxy) is 1. The molecular formula is C19H30N4O9. The Morgan fingerprint density at radius 3 is 1.44 bits per heavy atom. The van der Waals surface area contributed by atoms with Crippen LogP contribution in [0.5, 0.6) is 0 Å². The topological polar surface area (TPSA) is 168 Å². The van der Waals surface area contributed by atoms with Crippen LogP contribution in [0.2, 0.25) is 0 Å². The molecule has 0 aromatic heterocycles. The first kappa shape index (κ1) is 25.6. The van der Waals surface area contributed by atoms with E-state index in [1.54, 1.807) is 19.6 Å². The molecule has 0 spiro atoms. The van der Waals surface area contributed by atoms with E-state index in [0.29, 0.717) is 52.4 Å². The van der Waals surface area contributed by atoms with Crippen molar-refractivity contribution in [3.05, 3.63) is 0 Å². The standard InChI is InChI=1S/C19H30N4O9/c24-15(25)11-20-3-5-21(12-16(26)27)7-9-23(14-1-2-18(30)32-19(14)31)10-8-22(6-4-20)13-17(28)29/h14H,1-13H2,(H,24,25)(H,26,27)(H,28,29)/t14-/m1/s1. The third-order valence-electron chi connectivity index (χ3n) is 5.50. The Balaban J connectivity index is 2.18. The molecule has 2 rings (SSSR count). The van der Waals surface area contributed by atoms with Gasteiger partial charge in [-0.25, -0.2) is 4.79 Å². The molecule has 2 aliphatic heterocycles. The molecule has 0 aromatic carbocycles. The van der Waals surface area contributed by atoms with E-state index in [9.17, 15) is 34.2 Å². The van der Waals surface area contributed by atoms with Crippen LogP contribution in [0.25, 0.3) is 0 Å². The SMILES string of the molecule is O=C(O)CN1CCN(CC(=O)O)CCN([C@@H]2CCC(=O)OC2=O)CCN(CC(=O)O)CC1. The summed E-state index contributed by atoms with van der Waals surface area (Å²) < 4.78 is 4.76. The summed E-state index contributed by atoms with van der Waals surface area (Å²) >= 11 is 0. The highest BCUT2D eigenvalue weighted by Crippen LogP contribution is 2.16. The molecule has 1 atom stereocenters. The minimum absolute atomic E-state index is 0.0920. The third-order valence-corrected chi connectivity index (χ3v) is 5.50. The van der Waals surface area contributed by atoms with Crippen LogP contribution in [-0.2, 0) is 28.7 Å². The Morgan fingerprint density at radius 1 is 0.719 bits per heavy atom. The second-order valence-electron chi connectivity index (χ2n) is 7.89. The number of carboxylic acid groups (broad SMARTS) is 3. The maximum absolute atomic E-state index is 12.3. The summed E-state index contributed by atoms with van der Waals surface area (Å²) in [6, 6.07) is -0.669. The van der Waals surface area contributed by atoms with Crippen molar-refractivity contribution in [1.29, 1.82) is 0 Å². The molecule has 0 radical (unpaired) electrons. The summed E-state index contributed by atoms with van der Waals surface area (Å²) in [5.41, 5.74) is 0. The normalized spacial score (nSPS) is 23.7. The summed E-state index contributed by atoms with van der Waals surface area (Å²) in [6.45, 7) is 1.65. The highest BCUT2D eigenvalue weighted by Gasteiger charge is 2.34. The van der Waals surface area contributed by atoms with Gasteiger partial charge in [-0.15, -0.1) is 0 Å². The van der Waals surface area contributed by atoms with Crippen molar-refractivity contribution < 1.29 is 44.0 Å². The summed E-state index contributed by atoms with van der Waals surface area (Å²) in [5, 5.41) is 27.6. The minimum atomic E-state index is -1.02. The van der Waals surface area contributed by atoms with Gasteiger partial charge in [0.1, 0.15) is 6.04 Å². The van der Waals surface area contributed by atoms with Gasteiger partial charge >= 0.3 is 29.8 Å². The fourth-order valence-electron chi connectivity index (χ4n) is 3.85. The van der Waals surface area contributed by atoms with Crippen molar-refractivity contribution in [3.8, 4) is 0 Å². The second kappa shape index (κ2) is 12.4. The first-order valence-electron chi connectivity index (χ1n) is 10.4. The molecule has 32 heavy (non-hydrogen) atoms. The number of rotatable bonds is 7. The summed E-state index contributed by atoms with van der Waals surface area (Å²) in [6.07, 6.45) is 0.372. The monoisotopic (exact) mass is 458 g/mol. The number of hydrogen-bond donors (Lipinski definition) is 3. The van der Waals surface area contributed by atoms with Crippen molar-refractivity contribution >= 4 is 29.8 Å². The van der Waals surface area contributed by atoms with Gasteiger partial charge in [0.05, 0.1) is 19.6 Å². The van der Waals surface area contributed by atoms with Gasteiger partial charge < -0.3 is 20.1 Å². The molecule has 2 fully saturated rings. The highest BCUT2D eigenvalue weighted by atomic mass is 16.6. The molecule has 0 bridgehead atoms. The third kappa shape index (κ3) is 8.86. The molecule has 2 aliphatic rings. The van der Waals surface area contributed by atoms with Gasteiger partial charge in [0, 0.05) is 58.8 Å². The van der Waals surface area contributed by atoms with Crippen molar-refractivity contribution in [1.82, 2.24) is 19.6 Å². The number of esters is 2. The molecule has 13 heteroatoms. The van der Waals surface area contributed by atoms with Crippen LogP contribution in [0.3, 0.4) is 0 Å². The van der Waals surface area contributed by atoms with E-state index in [1.165, 1.54) is 0 Å². The Labute approximate surface area is 185 Å². The van der Waals surface area contributed by atoms with E-state index < -0.39 is 35.9 Å². The van der Waals surface area contributed by atoms with Crippen LogP contribution in [0.4, 0.5) is 0 Å². The average Bonchev–Trinajstić information content (AvgIpc) is 2.67. The molecule has 2 saturated heterocycles. The quantitative estimate of drug-likeness (QED) is 0.275. The number of carbonyl (C=O) groups is 5. The van der Waals surface area contributed by atoms with Crippen molar-refractivity contribution in [2.45, 2.75) is 18.9 Å². The van der Waals surface area contributed by atoms with Crippen molar-refractivity contribution in [2.75, 3.05) is 72.0 Å². The maximum Gasteiger partial charge on any atom is 0.331 e. The van der Waals surface area contributed by atoms with Gasteiger partial charge in [0.25, 0.3) is 0 Å². The Hall–Kier alpha value is -2.61. The van der Waals surface area contributed by atoms with Gasteiger partial charge in [0.2, 0.25) is 0 Å². The number of hydrogen-bond acceptors (Lipinski definition) is 10. The second-order valence-corrected chi connectivity index (χ2v) is 7.89. The molecular weight excluding hydrogens is 428 g/mol. The predicted molar refractivity (Wildman–Crippen MR) is 108 cm³/mol. The lowest BCUT2D eigenvalue weighted by molar-refractivity contribution is -0.169. The molecule has 13 nitrogen and oxygen atoms in total. The Kier molecular flexibility index (Phi) is 9.97. The number of carboxylic acids is 3. The highest BCUT2D eigenvalue weighted by molar-refractivity contribution is 5.91. The Morgan fingerprint density at radius 2 is 1.09 bits per heavy atom. The van der Waals surface area contributed by atoms with Gasteiger partial charge in [-0.2, -0.15) is 0 Å². The van der Waals surface area contributed by atoms with E-state index in [1.807, 2.05) is 0 Å². The predicted octanol–water partition coefficient (Wildman–Crippen LogP) is -2.31. The number of cyclic esters (lactones) is 2. The minimum Gasteiger partial charge on any atom is -0.480 e. The van der Waals surface area contributed by atoms with Gasteiger partial charge in [-0.1, -0.05) is 0 Å². The molecule has 0 saturated carbocycles. The molecule has 0 aliphatic carbocycles. The molecule has 0 aromatic rings. The zero-order valence-corrected chi connectivity index (χ0v) is 17.8. The molecule has 0 amide bonds. The summed E-state index contributed by atoms with van der Waals surface area (Å²) in [4.78, 5) is 64.2. The lowest BCUT2D eigenvalue weighted by Gasteiger charge is -2.36. The van der Waals surface area contributed by atoms with E-state index in [0.717, 1.165) is 0 Å². The van der Waals surface area contributed by atoms with E-state index in [4.69, 9.17) is 9.84 Å². The lowest BCUT2D eigenvalue weighted by atomic mass is 10.1. The summed E-state index contributed by atoms with van der Waals surface area (Å²) in [5.74, 6) is -4.31. The van der Waals surface area contributed by atoms with E-state index in [-0.39, 0.29) is 32.5 Å². The zero-order chi connectivity index (χ0) is 23.7. The van der Waals surface area contributed by atoms with Crippen molar-refractivity contribution in [3.63, 3.8) is 0 Å². The molecule has 0 unspecified atom stereocenters. The zero-order valence-electron chi connectivity index (χ0n) is 17.8. The van der Waals surface area contributed by atoms with Crippen LogP contribution in [0.1, 0.15) is 12.8 Å². The van der Waals surface area contributed by atoms with Crippen LogP contribution in [0.15, 0.2) is 0 Å². The van der Waals surface area contributed by atoms with Gasteiger partial charge in [0.15, 0.2) is 0 Å². The van der Waals surface area contributed by atoms with Gasteiger partial charge in [-0.05, 0) is 6.42 Å². The van der Waals surface area contributed by atoms with Crippen LogP contribution in [-0.4, -0.2) is 143 Å². The summed E-state index contributed by atoms with van der Waals surface area (Å²) in [7, 11) is 0. The van der Waals surface area contributed by atoms with Crippen LogP contribution in [0, 0.1) is 0 Å². The largest absolute Gasteiger partial charge is 0.480 e. The van der Waals surface area contributed by atoms with Crippen molar-refractivity contribution in [2.24, 2.45) is 0 Å². The first-order valence-corrected chi connectivity index (χ1v) is 10.4. The lowest BCUT2D eigenvalue weighted by Crippen LogP contribution is -2.53. The first-order chi connectivity index (χ1) is 15.1.